The van der Waals surface area contributed by atoms with Crippen LogP contribution in [0.2, 0.25) is 0 Å². The molecule has 0 aromatic carbocycles. The number of nitrogens with zero attached hydrogens (tertiary/aromatic N) is 4. The molecule has 0 bridgehead atoms. The van der Waals surface area contributed by atoms with E-state index in [-0.39, 0.29) is 18.4 Å². The fraction of sp³-hybridized carbons (Fsp3) is 0.600. The van der Waals surface area contributed by atoms with E-state index in [2.05, 4.69) is 15.3 Å². The van der Waals surface area contributed by atoms with Crippen LogP contribution in [0.25, 0.3) is 0 Å². The molecule has 1 aliphatic rings. The Balaban J connectivity index is 1.98. The van der Waals surface area contributed by atoms with Gasteiger partial charge in [-0.05, 0) is 19.3 Å². The van der Waals surface area contributed by atoms with Crippen LogP contribution in [0.3, 0.4) is 0 Å². The van der Waals surface area contributed by atoms with E-state index in [1.54, 1.807) is 11.0 Å². The highest BCUT2D eigenvalue weighted by atomic mass is 16.5. The van der Waals surface area contributed by atoms with E-state index in [0.717, 1.165) is 12.8 Å². The van der Waals surface area contributed by atoms with Crippen LogP contribution >= 0.6 is 0 Å². The number of hydrogen-bond donors (Lipinski definition) is 1. The third kappa shape index (κ3) is 4.62. The maximum atomic E-state index is 12.3. The number of likely N-dealkylation sites (tertiary alicyclic amines) is 1. The van der Waals surface area contributed by atoms with Gasteiger partial charge in [0.05, 0.1) is 6.54 Å². The smallest absolute Gasteiger partial charge is 0.252 e. The van der Waals surface area contributed by atoms with Gasteiger partial charge in [-0.1, -0.05) is 0 Å². The Morgan fingerprint density at radius 1 is 1.43 bits per heavy atom. The summed E-state index contributed by atoms with van der Waals surface area (Å²) < 4.78 is 5.21. The molecular formula is C15H23N5O3. The molecule has 1 N–H and O–H groups in total. The van der Waals surface area contributed by atoms with Crippen molar-refractivity contribution in [3.63, 3.8) is 0 Å². The number of amides is 2. The molecule has 1 saturated heterocycles. The fourth-order valence-corrected chi connectivity index (χ4v) is 2.46. The average Bonchev–Trinajstić information content (AvgIpc) is 2.69. The van der Waals surface area contributed by atoms with Crippen LogP contribution in [0, 0.1) is 0 Å². The summed E-state index contributed by atoms with van der Waals surface area (Å²) in [6, 6.07) is 1.68. The summed E-state index contributed by atoms with van der Waals surface area (Å²) in [5.41, 5.74) is 0. The molecule has 2 amide bonds. The molecule has 23 heavy (non-hydrogen) atoms. The van der Waals surface area contributed by atoms with Crippen molar-refractivity contribution in [1.29, 1.82) is 0 Å². The van der Waals surface area contributed by atoms with Crippen LogP contribution in [0.1, 0.15) is 19.3 Å². The molecule has 1 unspecified atom stereocenters. The Morgan fingerprint density at radius 2 is 2.22 bits per heavy atom. The first-order valence-corrected chi connectivity index (χ1v) is 7.62. The first-order valence-electron chi connectivity index (χ1n) is 7.62. The van der Waals surface area contributed by atoms with Crippen LogP contribution < -0.4 is 10.2 Å². The molecule has 1 aromatic heterocycles. The lowest BCUT2D eigenvalue weighted by molar-refractivity contribution is -0.143. The van der Waals surface area contributed by atoms with Gasteiger partial charge in [0.25, 0.3) is 5.91 Å². The van der Waals surface area contributed by atoms with E-state index in [1.165, 1.54) is 13.4 Å². The summed E-state index contributed by atoms with van der Waals surface area (Å²) in [6.07, 6.45) is 3.43. The minimum absolute atomic E-state index is 0.00000614. The number of hydrogen-bond acceptors (Lipinski definition) is 6. The van der Waals surface area contributed by atoms with E-state index in [1.807, 2.05) is 19.0 Å². The largest absolute Gasteiger partial charge is 0.372 e. The molecule has 0 radical (unpaired) electrons. The maximum Gasteiger partial charge on any atom is 0.252 e. The highest BCUT2D eigenvalue weighted by Gasteiger charge is 2.28. The standard InChI is InChI=1S/C15H23N5O3/c1-19(2)13-8-12(16-10-17-13)18-14(21)9-20-7-5-4-6-11(23-3)15(20)22/h8,10-11H,4-7,9H2,1-3H3,(H,16,17,18,21). The molecule has 0 aliphatic carbocycles. The second-order valence-corrected chi connectivity index (χ2v) is 5.68. The number of ether oxygens (including phenoxy) is 1. The molecule has 1 aromatic rings. The number of methoxy groups -OCH3 is 1. The molecule has 1 aliphatic heterocycles. The van der Waals surface area contributed by atoms with E-state index in [9.17, 15) is 9.59 Å². The Kier molecular flexibility index (Phi) is 5.86. The van der Waals surface area contributed by atoms with E-state index < -0.39 is 6.10 Å². The summed E-state index contributed by atoms with van der Waals surface area (Å²) in [5, 5.41) is 2.71. The van der Waals surface area contributed by atoms with Crippen molar-refractivity contribution in [1.82, 2.24) is 14.9 Å². The number of rotatable bonds is 5. The summed E-state index contributed by atoms with van der Waals surface area (Å²) >= 11 is 0. The van der Waals surface area contributed by atoms with E-state index >= 15 is 0 Å². The number of carbonyl (C=O) groups excluding carboxylic acids is 2. The van der Waals surface area contributed by atoms with Crippen LogP contribution in [0.5, 0.6) is 0 Å². The van der Waals surface area contributed by atoms with Gasteiger partial charge in [-0.2, -0.15) is 0 Å². The van der Waals surface area contributed by atoms with E-state index in [4.69, 9.17) is 4.74 Å². The van der Waals surface area contributed by atoms with Crippen molar-refractivity contribution in [2.75, 3.05) is 44.5 Å². The molecule has 0 spiro atoms. The van der Waals surface area contributed by atoms with Gasteiger partial charge in [0, 0.05) is 33.8 Å². The SMILES string of the molecule is COC1CCCCN(CC(=O)Nc2cc(N(C)C)ncn2)C1=O. The number of anilines is 2. The monoisotopic (exact) mass is 321 g/mol. The first-order chi connectivity index (χ1) is 11.0. The van der Waals surface area contributed by atoms with Crippen molar-refractivity contribution in [3.8, 4) is 0 Å². The highest BCUT2D eigenvalue weighted by Crippen LogP contribution is 2.15. The van der Waals surface area contributed by atoms with Crippen LogP contribution in [-0.2, 0) is 14.3 Å². The Hall–Kier alpha value is -2.22. The molecule has 2 heterocycles. The summed E-state index contributed by atoms with van der Waals surface area (Å²) in [7, 11) is 5.24. The van der Waals surface area contributed by atoms with Crippen molar-refractivity contribution in [3.05, 3.63) is 12.4 Å². The van der Waals surface area contributed by atoms with Crippen LogP contribution in [-0.4, -0.2) is 67.1 Å². The summed E-state index contributed by atoms with van der Waals surface area (Å²) in [6.45, 7) is 0.568. The Labute approximate surface area is 135 Å². The molecule has 0 saturated carbocycles. The zero-order valence-electron chi connectivity index (χ0n) is 13.8. The number of nitrogens with one attached hydrogen (secondary N) is 1. The predicted molar refractivity (Wildman–Crippen MR) is 86.2 cm³/mol. The lowest BCUT2D eigenvalue weighted by Gasteiger charge is -2.23. The van der Waals surface area contributed by atoms with Gasteiger partial charge < -0.3 is 19.9 Å². The maximum absolute atomic E-state index is 12.3. The zero-order chi connectivity index (χ0) is 16.8. The molecule has 2 rings (SSSR count). The van der Waals surface area contributed by atoms with Crippen LogP contribution in [0.15, 0.2) is 12.4 Å². The third-order valence-electron chi connectivity index (χ3n) is 3.73. The minimum Gasteiger partial charge on any atom is -0.372 e. The molecule has 8 heteroatoms. The summed E-state index contributed by atoms with van der Waals surface area (Å²) in [4.78, 5) is 36.0. The number of aromatic nitrogens is 2. The molecule has 1 fully saturated rings. The van der Waals surface area contributed by atoms with E-state index in [0.29, 0.717) is 24.6 Å². The Bertz CT molecular complexity index is 564. The van der Waals surface area contributed by atoms with Gasteiger partial charge >= 0.3 is 0 Å². The van der Waals surface area contributed by atoms with Gasteiger partial charge in [0.15, 0.2) is 0 Å². The normalized spacial score (nSPS) is 18.5. The molecular weight excluding hydrogens is 298 g/mol. The lowest BCUT2D eigenvalue weighted by Crippen LogP contribution is -2.43. The Morgan fingerprint density at radius 3 is 2.91 bits per heavy atom. The summed E-state index contributed by atoms with van der Waals surface area (Å²) in [5.74, 6) is 0.704. The average molecular weight is 321 g/mol. The second-order valence-electron chi connectivity index (χ2n) is 5.68. The predicted octanol–water partition coefficient (Wildman–Crippen LogP) is 0.509. The van der Waals surface area contributed by atoms with Crippen molar-refractivity contribution in [2.45, 2.75) is 25.4 Å². The molecule has 8 nitrogen and oxygen atoms in total. The van der Waals surface area contributed by atoms with Gasteiger partial charge in [0.2, 0.25) is 5.91 Å². The lowest BCUT2D eigenvalue weighted by atomic mass is 10.2. The quantitative estimate of drug-likeness (QED) is 0.850. The zero-order valence-corrected chi connectivity index (χ0v) is 13.8. The fourth-order valence-electron chi connectivity index (χ4n) is 2.46. The molecule has 1 atom stereocenters. The molecule has 126 valence electrons. The van der Waals surface area contributed by atoms with Gasteiger partial charge in [-0.3, -0.25) is 9.59 Å². The van der Waals surface area contributed by atoms with Gasteiger partial charge in [-0.15, -0.1) is 0 Å². The van der Waals surface area contributed by atoms with Crippen molar-refractivity contribution >= 4 is 23.5 Å². The van der Waals surface area contributed by atoms with Crippen molar-refractivity contribution < 1.29 is 14.3 Å². The first kappa shape index (κ1) is 17.1. The van der Waals surface area contributed by atoms with Crippen LogP contribution in [0.4, 0.5) is 11.6 Å². The van der Waals surface area contributed by atoms with Gasteiger partial charge in [-0.25, -0.2) is 9.97 Å². The van der Waals surface area contributed by atoms with Crippen molar-refractivity contribution in [2.24, 2.45) is 0 Å². The highest BCUT2D eigenvalue weighted by molar-refractivity contribution is 5.94. The minimum atomic E-state index is -0.454. The second kappa shape index (κ2) is 7.87. The third-order valence-corrected chi connectivity index (χ3v) is 3.73. The number of carbonyl (C=O) groups is 2. The van der Waals surface area contributed by atoms with Gasteiger partial charge in [0.1, 0.15) is 24.1 Å². The topological polar surface area (TPSA) is 87.7 Å².